The second kappa shape index (κ2) is 5.21. The molecule has 0 heterocycles. The highest BCUT2D eigenvalue weighted by molar-refractivity contribution is 6.07. The smallest absolute Gasteiger partial charge is 0.259 e. The van der Waals surface area contributed by atoms with E-state index in [-0.39, 0.29) is 5.56 Å². The first-order valence-electron chi connectivity index (χ1n) is 6.05. The summed E-state index contributed by atoms with van der Waals surface area (Å²) in [5, 5.41) is 12.3. The predicted molar refractivity (Wildman–Crippen MR) is 76.3 cm³/mol. The highest BCUT2D eigenvalue weighted by atomic mass is 19.1. The van der Waals surface area contributed by atoms with Gasteiger partial charge in [0.1, 0.15) is 11.6 Å². The molecule has 0 spiro atoms. The molecule has 0 saturated heterocycles. The van der Waals surface area contributed by atoms with Gasteiger partial charge in [-0.25, -0.2) is 4.39 Å². The number of benzene rings is 2. The van der Waals surface area contributed by atoms with Gasteiger partial charge in [0.15, 0.2) is 0 Å². The van der Waals surface area contributed by atoms with Crippen LogP contribution in [0.25, 0.3) is 0 Å². The normalized spacial score (nSPS) is 10.3. The van der Waals surface area contributed by atoms with Gasteiger partial charge in [0.2, 0.25) is 0 Å². The molecule has 2 rings (SSSR count). The Labute approximate surface area is 116 Å². The maximum absolute atomic E-state index is 12.9. The third-order valence-corrected chi connectivity index (χ3v) is 3.16. The van der Waals surface area contributed by atoms with E-state index in [1.807, 2.05) is 6.92 Å². The summed E-state index contributed by atoms with van der Waals surface area (Å²) in [5.74, 6) is -1.52. The molecule has 0 aliphatic heterocycles. The maximum Gasteiger partial charge on any atom is 0.259 e. The number of aryl methyl sites for hydroxylation is 1. The molecule has 0 aliphatic rings. The summed E-state index contributed by atoms with van der Waals surface area (Å²) in [7, 11) is 0. The lowest BCUT2D eigenvalue weighted by Crippen LogP contribution is -2.14. The summed E-state index contributed by atoms with van der Waals surface area (Å²) in [6, 6.07) is 6.80. The van der Waals surface area contributed by atoms with Gasteiger partial charge in [-0.3, -0.25) is 4.79 Å². The molecule has 4 nitrogen and oxygen atoms in total. The number of nitrogens with two attached hydrogens (primary N) is 1. The number of hydrogen-bond acceptors (Lipinski definition) is 3. The van der Waals surface area contributed by atoms with Gasteiger partial charge >= 0.3 is 0 Å². The first-order valence-corrected chi connectivity index (χ1v) is 6.05. The molecule has 0 atom stereocenters. The van der Waals surface area contributed by atoms with Crippen molar-refractivity contribution >= 4 is 17.3 Å². The van der Waals surface area contributed by atoms with E-state index in [0.29, 0.717) is 11.4 Å². The molecule has 0 unspecified atom stereocenters. The summed E-state index contributed by atoms with van der Waals surface area (Å²) < 4.78 is 12.9. The van der Waals surface area contributed by atoms with Crippen molar-refractivity contribution in [1.29, 1.82) is 0 Å². The van der Waals surface area contributed by atoms with Crippen LogP contribution in [0.1, 0.15) is 21.5 Å². The van der Waals surface area contributed by atoms with E-state index in [1.54, 1.807) is 19.1 Å². The van der Waals surface area contributed by atoms with Gasteiger partial charge in [0.05, 0.1) is 5.56 Å². The summed E-state index contributed by atoms with van der Waals surface area (Å²) in [6.45, 7) is 3.63. The van der Waals surface area contributed by atoms with E-state index in [2.05, 4.69) is 5.32 Å². The Balaban J connectivity index is 2.35. The van der Waals surface area contributed by atoms with Gasteiger partial charge in [-0.2, -0.15) is 0 Å². The fourth-order valence-electron chi connectivity index (χ4n) is 1.93. The zero-order chi connectivity index (χ0) is 14.9. The van der Waals surface area contributed by atoms with Crippen molar-refractivity contribution in [3.05, 3.63) is 52.8 Å². The molecular formula is C15H15FN2O2. The number of phenolic OH excluding ortho intramolecular Hbond substituents is 1. The Morgan fingerprint density at radius 3 is 2.60 bits per heavy atom. The molecule has 0 radical (unpaired) electrons. The van der Waals surface area contributed by atoms with Crippen LogP contribution in [0, 0.1) is 19.7 Å². The Hall–Kier alpha value is -2.56. The molecule has 4 N–H and O–H groups in total. The number of rotatable bonds is 2. The molecule has 20 heavy (non-hydrogen) atoms. The van der Waals surface area contributed by atoms with E-state index in [4.69, 9.17) is 5.73 Å². The number of carbonyl (C=O) groups is 1. The molecule has 5 heteroatoms. The number of nitrogens with one attached hydrogen (secondary N) is 1. The molecule has 0 fully saturated rings. The van der Waals surface area contributed by atoms with Gasteiger partial charge in [-0.1, -0.05) is 6.07 Å². The standard InChI is InChI=1S/C15H15FN2O2/c1-8-3-6-12(17)9(2)14(8)18-15(20)11-5-4-10(16)7-13(11)19/h3-7,19H,17H2,1-2H3,(H,18,20). The molecular weight excluding hydrogens is 259 g/mol. The number of hydrogen-bond donors (Lipinski definition) is 3. The average molecular weight is 274 g/mol. The van der Waals surface area contributed by atoms with Crippen molar-refractivity contribution < 1.29 is 14.3 Å². The minimum absolute atomic E-state index is 0.00706. The Bertz CT molecular complexity index is 684. The zero-order valence-corrected chi connectivity index (χ0v) is 11.2. The van der Waals surface area contributed by atoms with Gasteiger partial charge in [0.25, 0.3) is 5.91 Å². The van der Waals surface area contributed by atoms with E-state index in [1.165, 1.54) is 6.07 Å². The van der Waals surface area contributed by atoms with Gasteiger partial charge in [-0.05, 0) is 43.2 Å². The van der Waals surface area contributed by atoms with Crippen LogP contribution < -0.4 is 11.1 Å². The number of halogens is 1. The molecule has 0 aromatic heterocycles. The first kappa shape index (κ1) is 13.9. The SMILES string of the molecule is Cc1ccc(N)c(C)c1NC(=O)c1ccc(F)cc1O. The Morgan fingerprint density at radius 1 is 1.25 bits per heavy atom. The minimum Gasteiger partial charge on any atom is -0.507 e. The van der Waals surface area contributed by atoms with E-state index >= 15 is 0 Å². The van der Waals surface area contributed by atoms with Crippen LogP contribution in [0.5, 0.6) is 5.75 Å². The fraction of sp³-hybridized carbons (Fsp3) is 0.133. The van der Waals surface area contributed by atoms with Crippen molar-refractivity contribution in [1.82, 2.24) is 0 Å². The first-order chi connectivity index (χ1) is 9.40. The lowest BCUT2D eigenvalue weighted by atomic mass is 10.1. The molecule has 2 aromatic rings. The molecule has 104 valence electrons. The number of phenols is 1. The number of amides is 1. The van der Waals surface area contributed by atoms with Crippen LogP contribution >= 0.6 is 0 Å². The third-order valence-electron chi connectivity index (χ3n) is 3.16. The Morgan fingerprint density at radius 2 is 1.95 bits per heavy atom. The monoisotopic (exact) mass is 274 g/mol. The second-order valence-electron chi connectivity index (χ2n) is 4.59. The zero-order valence-electron chi connectivity index (χ0n) is 11.2. The van der Waals surface area contributed by atoms with Crippen LogP contribution in [-0.2, 0) is 0 Å². The fourth-order valence-corrected chi connectivity index (χ4v) is 1.93. The predicted octanol–water partition coefficient (Wildman–Crippen LogP) is 2.98. The van der Waals surface area contributed by atoms with Crippen LogP contribution in [0.15, 0.2) is 30.3 Å². The van der Waals surface area contributed by atoms with E-state index in [0.717, 1.165) is 23.3 Å². The van der Waals surface area contributed by atoms with Crippen LogP contribution in [0.2, 0.25) is 0 Å². The summed E-state index contributed by atoms with van der Waals surface area (Å²) in [6.07, 6.45) is 0. The molecule has 0 aliphatic carbocycles. The maximum atomic E-state index is 12.9. The lowest BCUT2D eigenvalue weighted by Gasteiger charge is -2.14. The highest BCUT2D eigenvalue weighted by Crippen LogP contribution is 2.27. The molecule has 2 aromatic carbocycles. The lowest BCUT2D eigenvalue weighted by molar-refractivity contribution is 0.102. The van der Waals surface area contributed by atoms with Gasteiger partial charge in [0, 0.05) is 17.4 Å². The Kier molecular flexibility index (Phi) is 3.61. The minimum atomic E-state index is -0.602. The van der Waals surface area contributed by atoms with Crippen molar-refractivity contribution in [2.75, 3.05) is 11.1 Å². The van der Waals surface area contributed by atoms with Crippen LogP contribution in [0.3, 0.4) is 0 Å². The van der Waals surface area contributed by atoms with Gasteiger partial charge < -0.3 is 16.2 Å². The second-order valence-corrected chi connectivity index (χ2v) is 4.59. The van der Waals surface area contributed by atoms with E-state index in [9.17, 15) is 14.3 Å². The van der Waals surface area contributed by atoms with E-state index < -0.39 is 17.5 Å². The van der Waals surface area contributed by atoms with Crippen molar-refractivity contribution in [2.24, 2.45) is 0 Å². The van der Waals surface area contributed by atoms with Crippen LogP contribution in [0.4, 0.5) is 15.8 Å². The van der Waals surface area contributed by atoms with Crippen LogP contribution in [-0.4, -0.2) is 11.0 Å². The quantitative estimate of drug-likeness (QED) is 0.737. The number of carbonyl (C=O) groups excluding carboxylic acids is 1. The molecule has 0 bridgehead atoms. The summed E-state index contributed by atoms with van der Waals surface area (Å²) >= 11 is 0. The number of nitrogen functional groups attached to an aromatic ring is 1. The summed E-state index contributed by atoms with van der Waals surface area (Å²) in [5.41, 5.74) is 8.57. The number of anilines is 2. The van der Waals surface area contributed by atoms with Crippen molar-refractivity contribution in [3.8, 4) is 5.75 Å². The van der Waals surface area contributed by atoms with Crippen molar-refractivity contribution in [3.63, 3.8) is 0 Å². The number of aromatic hydroxyl groups is 1. The molecule has 0 saturated carbocycles. The van der Waals surface area contributed by atoms with Gasteiger partial charge in [-0.15, -0.1) is 0 Å². The van der Waals surface area contributed by atoms with Crippen molar-refractivity contribution in [2.45, 2.75) is 13.8 Å². The largest absolute Gasteiger partial charge is 0.507 e. The third kappa shape index (κ3) is 2.56. The average Bonchev–Trinajstić information content (AvgIpc) is 2.39. The topological polar surface area (TPSA) is 75.3 Å². The molecule has 1 amide bonds. The summed E-state index contributed by atoms with van der Waals surface area (Å²) in [4.78, 5) is 12.1. The highest BCUT2D eigenvalue weighted by Gasteiger charge is 2.15.